The molecule has 1 N–H and O–H groups in total. The zero-order valence-electron chi connectivity index (χ0n) is 12.3. The third-order valence-corrected chi connectivity index (χ3v) is 2.68. The Hall–Kier alpha value is -2.50. The van der Waals surface area contributed by atoms with E-state index in [9.17, 15) is 4.79 Å². The van der Waals surface area contributed by atoms with Crippen molar-refractivity contribution in [3.63, 3.8) is 0 Å². The van der Waals surface area contributed by atoms with E-state index in [0.29, 0.717) is 41.9 Å². The molecule has 0 aliphatic rings. The fourth-order valence-electron chi connectivity index (χ4n) is 1.83. The number of rotatable bonds is 6. The molecule has 2 aromatic rings. The molecule has 0 atom stereocenters. The zero-order valence-corrected chi connectivity index (χ0v) is 12.3. The molecule has 2 rings (SSSR count). The fourth-order valence-corrected chi connectivity index (χ4v) is 1.83. The second-order valence-corrected chi connectivity index (χ2v) is 4.30. The summed E-state index contributed by atoms with van der Waals surface area (Å²) >= 11 is 0. The van der Waals surface area contributed by atoms with Crippen LogP contribution in [0.5, 0.6) is 11.5 Å². The lowest BCUT2D eigenvalue weighted by molar-refractivity contribution is 0.102. The van der Waals surface area contributed by atoms with Gasteiger partial charge in [0.1, 0.15) is 17.3 Å². The standard InChI is InChI=1S/C15H18N2O4/c1-4-19-11-6-7-12(13(9-11)20-5-2)15(18)16-14-8-10(3)21-17-14/h6-9H,4-5H2,1-3H3,(H,16,17,18). The molecule has 0 aliphatic heterocycles. The number of ether oxygens (including phenoxy) is 2. The van der Waals surface area contributed by atoms with E-state index in [4.69, 9.17) is 14.0 Å². The summed E-state index contributed by atoms with van der Waals surface area (Å²) in [5.41, 5.74) is 0.418. The van der Waals surface area contributed by atoms with E-state index in [2.05, 4.69) is 10.5 Å². The van der Waals surface area contributed by atoms with Gasteiger partial charge in [-0.1, -0.05) is 5.16 Å². The number of aromatic nitrogens is 1. The average molecular weight is 290 g/mol. The van der Waals surface area contributed by atoms with Gasteiger partial charge in [0.2, 0.25) is 0 Å². The number of carbonyl (C=O) groups is 1. The number of hydrogen-bond acceptors (Lipinski definition) is 5. The van der Waals surface area contributed by atoms with Gasteiger partial charge in [-0.25, -0.2) is 0 Å². The lowest BCUT2D eigenvalue weighted by atomic mass is 10.1. The monoisotopic (exact) mass is 290 g/mol. The normalized spacial score (nSPS) is 10.2. The lowest BCUT2D eigenvalue weighted by Gasteiger charge is -2.11. The van der Waals surface area contributed by atoms with Crippen LogP contribution >= 0.6 is 0 Å². The Morgan fingerprint density at radius 2 is 2.00 bits per heavy atom. The van der Waals surface area contributed by atoms with E-state index in [1.165, 1.54) is 0 Å². The van der Waals surface area contributed by atoms with E-state index in [0.717, 1.165) is 0 Å². The Morgan fingerprint density at radius 1 is 1.24 bits per heavy atom. The van der Waals surface area contributed by atoms with Gasteiger partial charge in [0.15, 0.2) is 5.82 Å². The van der Waals surface area contributed by atoms with Gasteiger partial charge in [0.25, 0.3) is 5.91 Å². The highest BCUT2D eigenvalue weighted by molar-refractivity contribution is 6.05. The number of aryl methyl sites for hydroxylation is 1. The van der Waals surface area contributed by atoms with Crippen molar-refractivity contribution >= 4 is 11.7 Å². The number of amides is 1. The Bertz CT molecular complexity index is 622. The third-order valence-electron chi connectivity index (χ3n) is 2.68. The predicted molar refractivity (Wildman–Crippen MR) is 78.0 cm³/mol. The quantitative estimate of drug-likeness (QED) is 0.885. The van der Waals surface area contributed by atoms with Crippen molar-refractivity contribution in [3.8, 4) is 11.5 Å². The van der Waals surface area contributed by atoms with Gasteiger partial charge in [-0.05, 0) is 32.9 Å². The Balaban J connectivity index is 2.22. The van der Waals surface area contributed by atoms with Crippen molar-refractivity contribution in [2.75, 3.05) is 18.5 Å². The summed E-state index contributed by atoms with van der Waals surface area (Å²) in [4.78, 5) is 12.3. The Labute approximate surface area is 123 Å². The highest BCUT2D eigenvalue weighted by atomic mass is 16.5. The summed E-state index contributed by atoms with van der Waals surface area (Å²) in [6.45, 7) is 6.52. The van der Waals surface area contributed by atoms with Gasteiger partial charge in [-0.15, -0.1) is 0 Å². The molecule has 112 valence electrons. The summed E-state index contributed by atoms with van der Waals surface area (Å²) in [5.74, 6) is 1.82. The van der Waals surface area contributed by atoms with Crippen molar-refractivity contribution in [1.82, 2.24) is 5.16 Å². The molecular weight excluding hydrogens is 272 g/mol. The molecular formula is C15H18N2O4. The Kier molecular flexibility index (Phi) is 4.81. The minimum atomic E-state index is -0.310. The number of hydrogen-bond donors (Lipinski definition) is 1. The molecule has 0 bridgehead atoms. The number of benzene rings is 1. The molecule has 1 amide bonds. The molecule has 0 radical (unpaired) electrons. The molecule has 0 unspecified atom stereocenters. The fraction of sp³-hybridized carbons (Fsp3) is 0.333. The number of nitrogens with zero attached hydrogens (tertiary/aromatic N) is 1. The molecule has 0 fully saturated rings. The van der Waals surface area contributed by atoms with Gasteiger partial charge in [-0.2, -0.15) is 0 Å². The molecule has 6 heteroatoms. The summed E-state index contributed by atoms with van der Waals surface area (Å²) in [6, 6.07) is 6.75. The van der Waals surface area contributed by atoms with Gasteiger partial charge < -0.3 is 19.3 Å². The molecule has 0 saturated carbocycles. The first-order valence-electron chi connectivity index (χ1n) is 6.78. The maximum Gasteiger partial charge on any atom is 0.260 e. The van der Waals surface area contributed by atoms with E-state index in [-0.39, 0.29) is 5.91 Å². The minimum Gasteiger partial charge on any atom is -0.494 e. The lowest BCUT2D eigenvalue weighted by Crippen LogP contribution is -2.14. The van der Waals surface area contributed by atoms with Crippen LogP contribution in [0.1, 0.15) is 30.0 Å². The van der Waals surface area contributed by atoms with Gasteiger partial charge >= 0.3 is 0 Å². The summed E-state index contributed by atoms with van der Waals surface area (Å²) in [6.07, 6.45) is 0. The first-order valence-corrected chi connectivity index (χ1v) is 6.78. The van der Waals surface area contributed by atoms with E-state index >= 15 is 0 Å². The summed E-state index contributed by atoms with van der Waals surface area (Å²) in [5, 5.41) is 6.40. The van der Waals surface area contributed by atoms with Crippen molar-refractivity contribution in [3.05, 3.63) is 35.6 Å². The van der Waals surface area contributed by atoms with Crippen LogP contribution in [0.4, 0.5) is 5.82 Å². The van der Waals surface area contributed by atoms with Crippen LogP contribution in [-0.2, 0) is 0 Å². The predicted octanol–water partition coefficient (Wildman–Crippen LogP) is 3.03. The molecule has 1 aromatic carbocycles. The molecule has 1 aromatic heterocycles. The van der Waals surface area contributed by atoms with Crippen LogP contribution in [0, 0.1) is 6.92 Å². The van der Waals surface area contributed by atoms with Crippen molar-refractivity contribution in [2.24, 2.45) is 0 Å². The minimum absolute atomic E-state index is 0.310. The van der Waals surface area contributed by atoms with Gasteiger partial charge in [0.05, 0.1) is 18.8 Å². The van der Waals surface area contributed by atoms with Gasteiger partial charge in [0, 0.05) is 12.1 Å². The van der Waals surface area contributed by atoms with Crippen molar-refractivity contribution in [2.45, 2.75) is 20.8 Å². The SMILES string of the molecule is CCOc1ccc(C(=O)Nc2cc(C)on2)c(OCC)c1. The maximum absolute atomic E-state index is 12.3. The topological polar surface area (TPSA) is 73.6 Å². The summed E-state index contributed by atoms with van der Waals surface area (Å²) < 4.78 is 15.8. The summed E-state index contributed by atoms with van der Waals surface area (Å²) in [7, 11) is 0. The third kappa shape index (κ3) is 3.75. The van der Waals surface area contributed by atoms with Crippen LogP contribution < -0.4 is 14.8 Å². The van der Waals surface area contributed by atoms with Crippen LogP contribution in [0.25, 0.3) is 0 Å². The molecule has 6 nitrogen and oxygen atoms in total. The second kappa shape index (κ2) is 6.78. The smallest absolute Gasteiger partial charge is 0.260 e. The second-order valence-electron chi connectivity index (χ2n) is 4.30. The average Bonchev–Trinajstić information content (AvgIpc) is 2.85. The molecule has 21 heavy (non-hydrogen) atoms. The van der Waals surface area contributed by atoms with Crippen molar-refractivity contribution in [1.29, 1.82) is 0 Å². The van der Waals surface area contributed by atoms with E-state index < -0.39 is 0 Å². The van der Waals surface area contributed by atoms with Crippen LogP contribution in [0.2, 0.25) is 0 Å². The first-order chi connectivity index (χ1) is 10.1. The number of carbonyl (C=O) groups excluding carboxylic acids is 1. The van der Waals surface area contributed by atoms with E-state index in [1.807, 2.05) is 13.8 Å². The number of nitrogens with one attached hydrogen (secondary N) is 1. The molecule has 0 aliphatic carbocycles. The number of anilines is 1. The zero-order chi connectivity index (χ0) is 15.2. The van der Waals surface area contributed by atoms with Crippen LogP contribution in [-0.4, -0.2) is 24.3 Å². The molecule has 0 spiro atoms. The largest absolute Gasteiger partial charge is 0.494 e. The highest BCUT2D eigenvalue weighted by Gasteiger charge is 2.15. The van der Waals surface area contributed by atoms with Crippen LogP contribution in [0.3, 0.4) is 0 Å². The maximum atomic E-state index is 12.3. The van der Waals surface area contributed by atoms with Crippen LogP contribution in [0.15, 0.2) is 28.8 Å². The first kappa shape index (κ1) is 14.9. The molecule has 0 saturated heterocycles. The Morgan fingerprint density at radius 3 is 2.62 bits per heavy atom. The van der Waals surface area contributed by atoms with Gasteiger partial charge in [-0.3, -0.25) is 4.79 Å². The van der Waals surface area contributed by atoms with Crippen molar-refractivity contribution < 1.29 is 18.8 Å². The van der Waals surface area contributed by atoms with E-state index in [1.54, 1.807) is 31.2 Å². The highest BCUT2D eigenvalue weighted by Crippen LogP contribution is 2.26. The molecule has 1 heterocycles.